The van der Waals surface area contributed by atoms with Crippen LogP contribution in [0.4, 0.5) is 0 Å². The van der Waals surface area contributed by atoms with Gasteiger partial charge in [-0.1, -0.05) is 36.4 Å². The lowest BCUT2D eigenvalue weighted by Gasteiger charge is -2.33. The number of methoxy groups -OCH3 is 1. The number of carbonyl (C=O) groups is 1. The van der Waals surface area contributed by atoms with Gasteiger partial charge in [0, 0.05) is 17.5 Å². The normalized spacial score (nSPS) is 16.8. The van der Waals surface area contributed by atoms with Gasteiger partial charge in [-0.3, -0.25) is 4.79 Å². The van der Waals surface area contributed by atoms with Gasteiger partial charge in [0.05, 0.1) is 20.3 Å². The molecule has 1 heterocycles. The smallest absolute Gasteiger partial charge is 0.254 e. The van der Waals surface area contributed by atoms with Crippen molar-refractivity contribution in [2.24, 2.45) is 0 Å². The standard InChI is InChI=1S/C23H23NO4/c1-26-19-11-9-18(10-12-19)23(25)24-13-14-27-20(15-24)16-28-22-8-4-6-17-5-2-3-7-21(17)22/h2-12,20H,13-16H2,1H3. The lowest BCUT2D eigenvalue weighted by atomic mass is 10.1. The summed E-state index contributed by atoms with van der Waals surface area (Å²) in [4.78, 5) is 14.6. The molecule has 0 N–H and O–H groups in total. The Morgan fingerprint density at radius 1 is 1.07 bits per heavy atom. The molecule has 1 aliphatic rings. The van der Waals surface area contributed by atoms with Gasteiger partial charge in [-0.25, -0.2) is 0 Å². The Bertz CT molecular complexity index is 949. The van der Waals surface area contributed by atoms with E-state index in [1.54, 1.807) is 31.4 Å². The molecule has 0 spiro atoms. The first-order valence-electron chi connectivity index (χ1n) is 9.40. The lowest BCUT2D eigenvalue weighted by Crippen LogP contribution is -2.47. The van der Waals surface area contributed by atoms with Crippen LogP contribution in [-0.4, -0.2) is 50.3 Å². The summed E-state index contributed by atoms with van der Waals surface area (Å²) in [6, 6.07) is 21.3. The summed E-state index contributed by atoms with van der Waals surface area (Å²) < 4.78 is 17.0. The van der Waals surface area contributed by atoms with E-state index in [0.717, 1.165) is 22.3 Å². The number of hydrogen-bond acceptors (Lipinski definition) is 4. The molecular formula is C23H23NO4. The molecule has 1 atom stereocenters. The van der Waals surface area contributed by atoms with Crippen molar-refractivity contribution in [2.75, 3.05) is 33.4 Å². The SMILES string of the molecule is COc1ccc(C(=O)N2CCOC(COc3cccc4ccccc34)C2)cc1. The number of benzene rings is 3. The molecule has 0 aromatic heterocycles. The zero-order valence-electron chi connectivity index (χ0n) is 15.8. The number of nitrogens with zero attached hydrogens (tertiary/aromatic N) is 1. The molecule has 1 saturated heterocycles. The predicted molar refractivity (Wildman–Crippen MR) is 108 cm³/mol. The van der Waals surface area contributed by atoms with Crippen molar-refractivity contribution in [1.82, 2.24) is 4.90 Å². The van der Waals surface area contributed by atoms with Gasteiger partial charge >= 0.3 is 0 Å². The van der Waals surface area contributed by atoms with E-state index < -0.39 is 0 Å². The van der Waals surface area contributed by atoms with Crippen molar-refractivity contribution < 1.29 is 19.0 Å². The molecule has 1 unspecified atom stereocenters. The van der Waals surface area contributed by atoms with E-state index in [4.69, 9.17) is 14.2 Å². The fourth-order valence-electron chi connectivity index (χ4n) is 3.43. The van der Waals surface area contributed by atoms with Crippen molar-refractivity contribution in [3.8, 4) is 11.5 Å². The lowest BCUT2D eigenvalue weighted by molar-refractivity contribution is -0.0399. The highest BCUT2D eigenvalue weighted by Gasteiger charge is 2.25. The van der Waals surface area contributed by atoms with Gasteiger partial charge in [0.25, 0.3) is 5.91 Å². The van der Waals surface area contributed by atoms with Crippen LogP contribution in [0.3, 0.4) is 0 Å². The molecule has 28 heavy (non-hydrogen) atoms. The summed E-state index contributed by atoms with van der Waals surface area (Å²) in [5.41, 5.74) is 0.649. The molecule has 1 amide bonds. The second kappa shape index (κ2) is 8.31. The van der Waals surface area contributed by atoms with Crippen LogP contribution in [-0.2, 0) is 4.74 Å². The quantitative estimate of drug-likeness (QED) is 0.679. The molecule has 5 heteroatoms. The Labute approximate surface area is 164 Å². The molecule has 0 radical (unpaired) electrons. The molecule has 1 fully saturated rings. The van der Waals surface area contributed by atoms with E-state index in [1.165, 1.54) is 0 Å². The van der Waals surface area contributed by atoms with Gasteiger partial charge < -0.3 is 19.1 Å². The highest BCUT2D eigenvalue weighted by molar-refractivity contribution is 5.94. The second-order valence-electron chi connectivity index (χ2n) is 6.76. The second-order valence-corrected chi connectivity index (χ2v) is 6.76. The summed E-state index contributed by atoms with van der Waals surface area (Å²) in [5, 5.41) is 2.22. The Morgan fingerprint density at radius 3 is 2.68 bits per heavy atom. The first-order valence-corrected chi connectivity index (χ1v) is 9.40. The van der Waals surface area contributed by atoms with Crippen molar-refractivity contribution in [2.45, 2.75) is 6.10 Å². The van der Waals surface area contributed by atoms with Crippen molar-refractivity contribution in [3.63, 3.8) is 0 Å². The molecule has 144 valence electrons. The van der Waals surface area contributed by atoms with Gasteiger partial charge in [-0.05, 0) is 35.7 Å². The zero-order chi connectivity index (χ0) is 19.3. The molecule has 5 nitrogen and oxygen atoms in total. The van der Waals surface area contributed by atoms with E-state index >= 15 is 0 Å². The van der Waals surface area contributed by atoms with Gasteiger partial charge in [0.15, 0.2) is 0 Å². The minimum absolute atomic E-state index is 0.00103. The van der Waals surface area contributed by atoms with Gasteiger partial charge in [-0.2, -0.15) is 0 Å². The Kier molecular flexibility index (Phi) is 5.44. The summed E-state index contributed by atoms with van der Waals surface area (Å²) in [7, 11) is 1.61. The number of ether oxygens (including phenoxy) is 3. The molecule has 1 aliphatic heterocycles. The molecule has 3 aromatic rings. The fraction of sp³-hybridized carbons (Fsp3) is 0.261. The topological polar surface area (TPSA) is 48.0 Å². The maximum atomic E-state index is 12.8. The number of fused-ring (bicyclic) bond motifs is 1. The maximum Gasteiger partial charge on any atom is 0.254 e. The molecule has 3 aromatic carbocycles. The van der Waals surface area contributed by atoms with Crippen LogP contribution < -0.4 is 9.47 Å². The van der Waals surface area contributed by atoms with Crippen LogP contribution >= 0.6 is 0 Å². The Balaban J connectivity index is 1.40. The number of amides is 1. The van der Waals surface area contributed by atoms with E-state index in [9.17, 15) is 4.79 Å². The average Bonchev–Trinajstić information content (AvgIpc) is 2.77. The van der Waals surface area contributed by atoms with Gasteiger partial charge in [-0.15, -0.1) is 0 Å². The van der Waals surface area contributed by atoms with Crippen LogP contribution in [0.15, 0.2) is 66.7 Å². The predicted octanol–water partition coefficient (Wildman–Crippen LogP) is 3.77. The fourth-order valence-corrected chi connectivity index (χ4v) is 3.43. The summed E-state index contributed by atoms with van der Waals surface area (Å²) in [6.07, 6.45) is -0.157. The zero-order valence-corrected chi connectivity index (χ0v) is 15.8. The van der Waals surface area contributed by atoms with E-state index in [-0.39, 0.29) is 12.0 Å². The van der Waals surface area contributed by atoms with E-state index in [0.29, 0.717) is 31.9 Å². The van der Waals surface area contributed by atoms with Crippen molar-refractivity contribution in [3.05, 3.63) is 72.3 Å². The highest BCUT2D eigenvalue weighted by atomic mass is 16.5. The molecule has 0 aliphatic carbocycles. The van der Waals surface area contributed by atoms with Crippen LogP contribution in [0.25, 0.3) is 10.8 Å². The van der Waals surface area contributed by atoms with Crippen LogP contribution in [0, 0.1) is 0 Å². The summed E-state index contributed by atoms with van der Waals surface area (Å²) >= 11 is 0. The first kappa shape index (κ1) is 18.3. The third kappa shape index (κ3) is 3.94. The summed E-state index contributed by atoms with van der Waals surface area (Å²) in [5.74, 6) is 1.57. The Hall–Kier alpha value is -3.05. The maximum absolute atomic E-state index is 12.8. The van der Waals surface area contributed by atoms with Gasteiger partial charge in [0.2, 0.25) is 0 Å². The van der Waals surface area contributed by atoms with Crippen LogP contribution in [0.2, 0.25) is 0 Å². The van der Waals surface area contributed by atoms with Crippen LogP contribution in [0.5, 0.6) is 11.5 Å². The Morgan fingerprint density at radius 2 is 1.86 bits per heavy atom. The van der Waals surface area contributed by atoms with E-state index in [1.807, 2.05) is 35.2 Å². The van der Waals surface area contributed by atoms with Crippen molar-refractivity contribution in [1.29, 1.82) is 0 Å². The monoisotopic (exact) mass is 377 g/mol. The van der Waals surface area contributed by atoms with Crippen LogP contribution in [0.1, 0.15) is 10.4 Å². The number of rotatable bonds is 5. The molecule has 0 bridgehead atoms. The third-order valence-corrected chi connectivity index (χ3v) is 4.94. The summed E-state index contributed by atoms with van der Waals surface area (Å²) in [6.45, 7) is 2.00. The highest BCUT2D eigenvalue weighted by Crippen LogP contribution is 2.25. The first-order chi connectivity index (χ1) is 13.7. The largest absolute Gasteiger partial charge is 0.497 e. The molecule has 4 rings (SSSR count). The molecular weight excluding hydrogens is 354 g/mol. The number of carbonyl (C=O) groups excluding carboxylic acids is 1. The van der Waals surface area contributed by atoms with E-state index in [2.05, 4.69) is 12.1 Å². The number of morpholine rings is 1. The van der Waals surface area contributed by atoms with Gasteiger partial charge in [0.1, 0.15) is 24.2 Å². The minimum Gasteiger partial charge on any atom is -0.497 e. The third-order valence-electron chi connectivity index (χ3n) is 4.94. The number of hydrogen-bond donors (Lipinski definition) is 0. The van der Waals surface area contributed by atoms with Crippen molar-refractivity contribution >= 4 is 16.7 Å². The minimum atomic E-state index is -0.157. The average molecular weight is 377 g/mol. The molecule has 0 saturated carbocycles.